The van der Waals surface area contributed by atoms with Crippen LogP contribution < -0.4 is 0 Å². The van der Waals surface area contributed by atoms with Gasteiger partial charge in [-0.15, -0.1) is 0 Å². The molecule has 0 rings (SSSR count). The predicted octanol–water partition coefficient (Wildman–Crippen LogP) is -0.622. The van der Waals surface area contributed by atoms with Crippen molar-refractivity contribution in [1.29, 1.82) is 0 Å². The zero-order valence-corrected chi connectivity index (χ0v) is 7.44. The highest BCUT2D eigenvalue weighted by Crippen LogP contribution is 2.58. The summed E-state index contributed by atoms with van der Waals surface area (Å²) in [5.74, 6) is 0. The lowest BCUT2D eigenvalue weighted by molar-refractivity contribution is 0.351. The Morgan fingerprint density at radius 3 is 1.36 bits per heavy atom. The molecule has 0 fully saturated rings. The summed E-state index contributed by atoms with van der Waals surface area (Å²) in [5, 5.41) is -1.98. The van der Waals surface area contributed by atoms with Crippen LogP contribution in [-0.4, -0.2) is 32.2 Å². The van der Waals surface area contributed by atoms with Gasteiger partial charge in [0.05, 0.1) is 0 Å². The number of rotatable bonds is 3. The van der Waals surface area contributed by atoms with Gasteiger partial charge in [-0.2, -0.15) is 0 Å². The molecule has 0 aromatic carbocycles. The smallest absolute Gasteiger partial charge is 0.324 e. The van der Waals surface area contributed by atoms with E-state index in [4.69, 9.17) is 19.6 Å². The van der Waals surface area contributed by atoms with Gasteiger partial charge in [-0.3, -0.25) is 9.13 Å². The molecule has 65 valence electrons. The molecule has 0 aromatic heterocycles. The molecule has 0 saturated carbocycles. The van der Waals surface area contributed by atoms with Crippen molar-refractivity contribution in [2.24, 2.45) is 0 Å². The fourth-order valence-electron chi connectivity index (χ4n) is 0.584. The van der Waals surface area contributed by atoms with Gasteiger partial charge in [0.15, 0.2) is 0 Å². The minimum Gasteiger partial charge on any atom is -0.324 e. The summed E-state index contributed by atoms with van der Waals surface area (Å²) >= 11 is 0. The van der Waals surface area contributed by atoms with Crippen LogP contribution in [0.4, 0.5) is 0 Å². The van der Waals surface area contributed by atoms with Gasteiger partial charge < -0.3 is 19.6 Å². The third kappa shape index (κ3) is 3.51. The van der Waals surface area contributed by atoms with Crippen molar-refractivity contribution in [1.82, 2.24) is 0 Å². The molecule has 1 radical (unpaired) electrons. The van der Waals surface area contributed by atoms with Crippen LogP contribution in [0.1, 0.15) is 0 Å². The topological polar surface area (TPSA) is 115 Å². The Hall–Kier alpha value is 0.365. The SMILES string of the molecule is C[B]C(P(=O)(O)O)P(=O)(O)O. The summed E-state index contributed by atoms with van der Waals surface area (Å²) in [6.45, 7) is 1.18. The third-order valence-electron chi connectivity index (χ3n) is 0.987. The molecule has 0 spiro atoms. The van der Waals surface area contributed by atoms with Gasteiger partial charge in [0.25, 0.3) is 0 Å². The molecule has 0 unspecified atom stereocenters. The van der Waals surface area contributed by atoms with E-state index in [-0.39, 0.29) is 0 Å². The molecule has 0 saturated heterocycles. The standard InChI is InChI=1S/C2H8BO6P2/c1-3-2(10(4,5)6)11(7,8)9/h2H,1H3,(H2,4,5,6)(H2,7,8,9). The van der Waals surface area contributed by atoms with Gasteiger partial charge in [0, 0.05) is 0 Å². The minimum absolute atomic E-state index is 0.807. The maximum Gasteiger partial charge on any atom is 0.332 e. The summed E-state index contributed by atoms with van der Waals surface area (Å²) < 4.78 is 20.8. The van der Waals surface area contributed by atoms with Crippen LogP contribution in [0.3, 0.4) is 0 Å². The molecular weight excluding hydrogens is 193 g/mol. The molecule has 11 heavy (non-hydrogen) atoms. The first kappa shape index (κ1) is 11.4. The van der Waals surface area contributed by atoms with E-state index in [1.807, 2.05) is 0 Å². The van der Waals surface area contributed by atoms with Crippen LogP contribution in [0.5, 0.6) is 0 Å². The molecule has 9 heteroatoms. The first-order valence-corrected chi connectivity index (χ1v) is 5.96. The summed E-state index contributed by atoms with van der Waals surface area (Å²) in [5.41, 5.74) is 0. The molecule has 0 aliphatic carbocycles. The average Bonchev–Trinajstić information content (AvgIpc) is 1.56. The quantitative estimate of drug-likeness (QED) is 0.357. The normalized spacial score (nSPS) is 13.6. The van der Waals surface area contributed by atoms with Gasteiger partial charge in [-0.25, -0.2) is 0 Å². The lowest BCUT2D eigenvalue weighted by atomic mass is 9.86. The highest BCUT2D eigenvalue weighted by Gasteiger charge is 2.41. The van der Waals surface area contributed by atoms with Crippen molar-refractivity contribution in [3.63, 3.8) is 0 Å². The fourth-order valence-corrected chi connectivity index (χ4v) is 2.93. The van der Waals surface area contributed by atoms with Crippen LogP contribution in [0.2, 0.25) is 6.82 Å². The Bertz CT molecular complexity index is 193. The van der Waals surface area contributed by atoms with E-state index in [9.17, 15) is 9.13 Å². The van der Waals surface area contributed by atoms with E-state index in [0.717, 1.165) is 7.28 Å². The van der Waals surface area contributed by atoms with Gasteiger partial charge in [0.1, 0.15) is 12.6 Å². The van der Waals surface area contributed by atoms with Crippen molar-refractivity contribution in [2.75, 3.05) is 0 Å². The van der Waals surface area contributed by atoms with Crippen LogP contribution in [-0.2, 0) is 9.13 Å². The van der Waals surface area contributed by atoms with Gasteiger partial charge >= 0.3 is 15.2 Å². The van der Waals surface area contributed by atoms with E-state index in [0.29, 0.717) is 0 Å². The maximum absolute atomic E-state index is 10.4. The van der Waals surface area contributed by atoms with Gasteiger partial charge in [-0.05, 0) is 0 Å². The largest absolute Gasteiger partial charge is 0.332 e. The molecular formula is C2H8BO6P2. The Morgan fingerprint density at radius 1 is 1.09 bits per heavy atom. The predicted molar refractivity (Wildman–Crippen MR) is 39.5 cm³/mol. The first-order valence-electron chi connectivity index (χ1n) is 2.59. The molecule has 0 aliphatic rings. The van der Waals surface area contributed by atoms with Gasteiger partial charge in [0.2, 0.25) is 0 Å². The molecule has 0 amide bonds. The van der Waals surface area contributed by atoms with Crippen molar-refractivity contribution in [3.8, 4) is 0 Å². The highest BCUT2D eigenvalue weighted by molar-refractivity contribution is 7.73. The minimum atomic E-state index is -4.72. The maximum atomic E-state index is 10.4. The van der Waals surface area contributed by atoms with E-state index in [1.165, 1.54) is 6.82 Å². The average molecular weight is 201 g/mol. The Kier molecular flexibility index (Phi) is 3.51. The van der Waals surface area contributed by atoms with Crippen molar-refractivity contribution < 1.29 is 28.7 Å². The molecule has 4 N–H and O–H groups in total. The second kappa shape index (κ2) is 3.39. The lowest BCUT2D eigenvalue weighted by Crippen LogP contribution is -2.14. The second-order valence-corrected chi connectivity index (χ2v) is 5.80. The van der Waals surface area contributed by atoms with Crippen LogP contribution >= 0.6 is 15.2 Å². The monoisotopic (exact) mass is 201 g/mol. The van der Waals surface area contributed by atoms with Crippen molar-refractivity contribution in [3.05, 3.63) is 0 Å². The third-order valence-corrected chi connectivity index (χ3v) is 4.77. The van der Waals surface area contributed by atoms with E-state index >= 15 is 0 Å². The fraction of sp³-hybridized carbons (Fsp3) is 1.00. The lowest BCUT2D eigenvalue weighted by Gasteiger charge is -2.16. The van der Waals surface area contributed by atoms with Crippen LogP contribution in [0.25, 0.3) is 0 Å². The van der Waals surface area contributed by atoms with Gasteiger partial charge in [-0.1, -0.05) is 6.82 Å². The van der Waals surface area contributed by atoms with E-state index in [2.05, 4.69) is 0 Å². The van der Waals surface area contributed by atoms with E-state index in [1.54, 1.807) is 0 Å². The summed E-state index contributed by atoms with van der Waals surface area (Å²) in [4.78, 5) is 33.6. The molecule has 0 aliphatic heterocycles. The first-order chi connectivity index (χ1) is 4.69. The highest BCUT2D eigenvalue weighted by atomic mass is 31.2. The molecule has 6 nitrogen and oxygen atoms in total. The zero-order valence-electron chi connectivity index (χ0n) is 5.65. The summed E-state index contributed by atoms with van der Waals surface area (Å²) in [6, 6.07) is 0. The second-order valence-electron chi connectivity index (χ2n) is 1.93. The van der Waals surface area contributed by atoms with E-state index < -0.39 is 20.5 Å². The summed E-state index contributed by atoms with van der Waals surface area (Å²) in [7, 11) is -8.62. The van der Waals surface area contributed by atoms with Crippen LogP contribution in [0, 0.1) is 0 Å². The summed E-state index contributed by atoms with van der Waals surface area (Å²) in [6.07, 6.45) is 0. The Labute approximate surface area is 64.2 Å². The van der Waals surface area contributed by atoms with Crippen molar-refractivity contribution in [2.45, 2.75) is 12.1 Å². The zero-order chi connectivity index (χ0) is 9.28. The molecule has 0 bridgehead atoms. The number of hydrogen-bond acceptors (Lipinski definition) is 2. The Balaban J connectivity index is 4.72. The molecule has 0 atom stereocenters. The van der Waals surface area contributed by atoms with Crippen molar-refractivity contribution >= 4 is 22.5 Å². The molecule has 0 aromatic rings. The number of hydrogen-bond donors (Lipinski definition) is 4. The Morgan fingerprint density at radius 2 is 1.36 bits per heavy atom. The van der Waals surface area contributed by atoms with Crippen LogP contribution in [0.15, 0.2) is 0 Å². The molecule has 0 heterocycles.